The van der Waals surface area contributed by atoms with Gasteiger partial charge in [-0.15, -0.1) is 0 Å². The summed E-state index contributed by atoms with van der Waals surface area (Å²) >= 11 is 24.4. The molecule has 1 N–H and O–H groups in total. The van der Waals surface area contributed by atoms with Gasteiger partial charge in [0, 0.05) is 31.2 Å². The van der Waals surface area contributed by atoms with Gasteiger partial charge in [-0.1, -0.05) is 64.6 Å². The van der Waals surface area contributed by atoms with Crippen molar-refractivity contribution in [1.29, 1.82) is 0 Å². The second-order valence-electron chi connectivity index (χ2n) is 5.89. The number of nitrogens with one attached hydrogen (secondary N) is 1. The van der Waals surface area contributed by atoms with E-state index in [2.05, 4.69) is 10.5 Å². The van der Waals surface area contributed by atoms with E-state index in [1.807, 2.05) is 24.3 Å². The Kier molecular flexibility index (Phi) is 7.46. The van der Waals surface area contributed by atoms with Crippen molar-refractivity contribution in [2.75, 3.05) is 0 Å². The van der Waals surface area contributed by atoms with E-state index in [0.717, 1.165) is 16.7 Å². The number of hydrazone groups is 1. The number of nitrogens with zero attached hydrogens (tertiary/aromatic N) is 1. The van der Waals surface area contributed by atoms with Gasteiger partial charge >= 0.3 is 0 Å². The molecule has 28 heavy (non-hydrogen) atoms. The molecule has 0 heterocycles. The van der Waals surface area contributed by atoms with Crippen molar-refractivity contribution in [3.63, 3.8) is 0 Å². The SMILES string of the molecule is Clc1cccc(COc2ccc(Cl)cc2/C=N/NCc2c(Cl)cccc2Cl)c1. The van der Waals surface area contributed by atoms with Crippen molar-refractivity contribution >= 4 is 52.6 Å². The average Bonchev–Trinajstić information content (AvgIpc) is 2.66. The smallest absolute Gasteiger partial charge is 0.128 e. The van der Waals surface area contributed by atoms with E-state index >= 15 is 0 Å². The lowest BCUT2D eigenvalue weighted by Crippen LogP contribution is -2.07. The van der Waals surface area contributed by atoms with Gasteiger partial charge in [-0.25, -0.2) is 0 Å². The second kappa shape index (κ2) is 10.0. The molecular formula is C21H16Cl4N2O. The molecule has 3 rings (SSSR count). The predicted octanol–water partition coefficient (Wildman–Crippen LogP) is 7.00. The summed E-state index contributed by atoms with van der Waals surface area (Å²) in [5.41, 5.74) is 5.44. The number of rotatable bonds is 7. The minimum atomic E-state index is 0.381. The first-order chi connectivity index (χ1) is 13.5. The highest BCUT2D eigenvalue weighted by molar-refractivity contribution is 6.36. The molecule has 3 nitrogen and oxygen atoms in total. The molecule has 0 aromatic heterocycles. The Bertz CT molecular complexity index is 972. The lowest BCUT2D eigenvalue weighted by Gasteiger charge is -2.10. The summed E-state index contributed by atoms with van der Waals surface area (Å²) in [7, 11) is 0. The summed E-state index contributed by atoms with van der Waals surface area (Å²) < 4.78 is 5.91. The summed E-state index contributed by atoms with van der Waals surface area (Å²) in [5.74, 6) is 0.658. The highest BCUT2D eigenvalue weighted by Gasteiger charge is 2.06. The molecule has 0 aliphatic carbocycles. The van der Waals surface area contributed by atoms with Crippen molar-refractivity contribution < 1.29 is 4.74 Å². The average molecular weight is 454 g/mol. The zero-order chi connectivity index (χ0) is 19.9. The molecule has 0 spiro atoms. The molecular weight excluding hydrogens is 438 g/mol. The molecule has 0 fully saturated rings. The maximum Gasteiger partial charge on any atom is 0.128 e. The predicted molar refractivity (Wildman–Crippen MR) is 118 cm³/mol. The van der Waals surface area contributed by atoms with Crippen LogP contribution in [0.15, 0.2) is 65.8 Å². The van der Waals surface area contributed by atoms with Gasteiger partial charge < -0.3 is 10.2 Å². The Hall–Kier alpha value is -1.91. The van der Waals surface area contributed by atoms with E-state index in [1.165, 1.54) is 0 Å². The molecule has 0 atom stereocenters. The Morgan fingerprint density at radius 2 is 1.57 bits per heavy atom. The molecule has 0 saturated heterocycles. The number of benzene rings is 3. The fourth-order valence-electron chi connectivity index (χ4n) is 2.48. The Morgan fingerprint density at radius 3 is 2.32 bits per heavy atom. The standard InChI is InChI=1S/C21H16Cl4N2O/c22-16-4-1-3-14(9-16)13-28-21-8-7-17(23)10-15(21)11-26-27-12-18-19(24)5-2-6-20(18)25/h1-11,27H,12-13H2/b26-11+. The quantitative estimate of drug-likeness (QED) is 0.308. The third-order valence-corrected chi connectivity index (χ3v) is 5.05. The minimum Gasteiger partial charge on any atom is -0.488 e. The van der Waals surface area contributed by atoms with E-state index in [0.29, 0.717) is 39.0 Å². The van der Waals surface area contributed by atoms with E-state index in [4.69, 9.17) is 51.1 Å². The molecule has 0 radical (unpaired) electrons. The van der Waals surface area contributed by atoms with Crippen molar-refractivity contribution in [2.24, 2.45) is 5.10 Å². The lowest BCUT2D eigenvalue weighted by atomic mass is 10.2. The van der Waals surface area contributed by atoms with Crippen LogP contribution in [0.2, 0.25) is 20.1 Å². The van der Waals surface area contributed by atoms with Crippen LogP contribution in [-0.2, 0) is 13.2 Å². The largest absolute Gasteiger partial charge is 0.488 e. The summed E-state index contributed by atoms with van der Waals surface area (Å²) in [6.45, 7) is 0.778. The van der Waals surface area contributed by atoms with Gasteiger partial charge in [0.25, 0.3) is 0 Å². The van der Waals surface area contributed by atoms with Crippen molar-refractivity contribution in [3.05, 3.63) is 97.4 Å². The molecule has 0 bridgehead atoms. The summed E-state index contributed by atoms with van der Waals surface area (Å²) in [6, 6.07) is 18.2. The maximum absolute atomic E-state index is 6.16. The van der Waals surface area contributed by atoms with Gasteiger partial charge in [0.1, 0.15) is 12.4 Å². The highest BCUT2D eigenvalue weighted by Crippen LogP contribution is 2.25. The van der Waals surface area contributed by atoms with Gasteiger partial charge in [0.15, 0.2) is 0 Å². The summed E-state index contributed by atoms with van der Waals surface area (Å²) in [6.07, 6.45) is 1.64. The van der Waals surface area contributed by atoms with Gasteiger partial charge in [-0.3, -0.25) is 0 Å². The van der Waals surface area contributed by atoms with E-state index in [-0.39, 0.29) is 0 Å². The first-order valence-corrected chi connectivity index (χ1v) is 9.90. The van der Waals surface area contributed by atoms with Gasteiger partial charge in [0.05, 0.1) is 12.8 Å². The number of ether oxygens (including phenoxy) is 1. The van der Waals surface area contributed by atoms with Crippen LogP contribution in [-0.4, -0.2) is 6.21 Å². The molecule has 144 valence electrons. The Balaban J connectivity index is 1.67. The molecule has 0 unspecified atom stereocenters. The first-order valence-electron chi connectivity index (χ1n) is 8.38. The van der Waals surface area contributed by atoms with Crippen molar-refractivity contribution in [3.8, 4) is 5.75 Å². The van der Waals surface area contributed by atoms with Crippen molar-refractivity contribution in [1.82, 2.24) is 5.43 Å². The van der Waals surface area contributed by atoms with Gasteiger partial charge in [-0.2, -0.15) is 5.10 Å². The van der Waals surface area contributed by atoms with E-state index < -0.39 is 0 Å². The number of halogens is 4. The number of hydrogen-bond donors (Lipinski definition) is 1. The maximum atomic E-state index is 6.16. The Morgan fingerprint density at radius 1 is 0.857 bits per heavy atom. The van der Waals surface area contributed by atoms with Crippen LogP contribution in [0.3, 0.4) is 0 Å². The van der Waals surface area contributed by atoms with E-state index in [9.17, 15) is 0 Å². The topological polar surface area (TPSA) is 33.6 Å². The molecule has 3 aromatic carbocycles. The minimum absolute atomic E-state index is 0.381. The molecule has 0 aliphatic rings. The van der Waals surface area contributed by atoms with E-state index in [1.54, 1.807) is 42.6 Å². The molecule has 7 heteroatoms. The highest BCUT2D eigenvalue weighted by atomic mass is 35.5. The van der Waals surface area contributed by atoms with Crippen LogP contribution in [0, 0.1) is 0 Å². The monoisotopic (exact) mass is 452 g/mol. The van der Waals surface area contributed by atoms with Crippen LogP contribution in [0.1, 0.15) is 16.7 Å². The lowest BCUT2D eigenvalue weighted by molar-refractivity contribution is 0.306. The molecule has 0 aliphatic heterocycles. The molecule has 0 saturated carbocycles. The number of hydrogen-bond acceptors (Lipinski definition) is 3. The summed E-state index contributed by atoms with van der Waals surface area (Å²) in [5, 5.41) is 6.67. The van der Waals surface area contributed by atoms with Crippen LogP contribution in [0.5, 0.6) is 5.75 Å². The zero-order valence-electron chi connectivity index (χ0n) is 14.6. The fraction of sp³-hybridized carbons (Fsp3) is 0.0952. The summed E-state index contributed by atoms with van der Waals surface area (Å²) in [4.78, 5) is 0. The van der Waals surface area contributed by atoms with Gasteiger partial charge in [-0.05, 0) is 48.0 Å². The van der Waals surface area contributed by atoms with Crippen LogP contribution in [0.4, 0.5) is 0 Å². The normalized spacial score (nSPS) is 11.0. The third kappa shape index (κ3) is 5.79. The van der Waals surface area contributed by atoms with Crippen LogP contribution >= 0.6 is 46.4 Å². The molecule has 0 amide bonds. The fourth-order valence-corrected chi connectivity index (χ4v) is 3.41. The zero-order valence-corrected chi connectivity index (χ0v) is 17.7. The third-order valence-electron chi connectivity index (χ3n) is 3.87. The molecule has 3 aromatic rings. The second-order valence-corrected chi connectivity index (χ2v) is 7.58. The van der Waals surface area contributed by atoms with Crippen LogP contribution < -0.4 is 10.2 Å². The van der Waals surface area contributed by atoms with Gasteiger partial charge in [0.2, 0.25) is 0 Å². The van der Waals surface area contributed by atoms with Crippen LogP contribution in [0.25, 0.3) is 0 Å². The Labute approximate surface area is 183 Å². The first kappa shape index (κ1) is 20.8. The van der Waals surface area contributed by atoms with Crippen molar-refractivity contribution in [2.45, 2.75) is 13.2 Å².